The van der Waals surface area contributed by atoms with Crippen molar-refractivity contribution in [3.63, 3.8) is 0 Å². The van der Waals surface area contributed by atoms with E-state index in [1.807, 2.05) is 34.0 Å². The average molecular weight is 291 g/mol. The molecule has 0 aliphatic rings. The average Bonchev–Trinajstić information content (AvgIpc) is 3.05. The highest BCUT2D eigenvalue weighted by Gasteiger charge is 2.17. The molecule has 0 spiro atoms. The van der Waals surface area contributed by atoms with Crippen LogP contribution in [0.2, 0.25) is 0 Å². The van der Waals surface area contributed by atoms with Gasteiger partial charge in [0.25, 0.3) is 0 Å². The van der Waals surface area contributed by atoms with Gasteiger partial charge in [0.05, 0.1) is 6.20 Å². The second-order valence-electron chi connectivity index (χ2n) is 5.46. The van der Waals surface area contributed by atoms with Crippen LogP contribution in [0.3, 0.4) is 0 Å². The zero-order chi connectivity index (χ0) is 15.4. The Balaban J connectivity index is 1.83. The maximum absolute atomic E-state index is 11.9. The minimum atomic E-state index is -0.286. The number of amides is 1. The molecule has 2 aromatic heterocycles. The first-order valence-corrected chi connectivity index (χ1v) is 7.06. The van der Waals surface area contributed by atoms with E-state index in [9.17, 15) is 4.79 Å². The number of aryl methyl sites for hydroxylation is 2. The van der Waals surface area contributed by atoms with E-state index < -0.39 is 0 Å². The highest BCUT2D eigenvalue weighted by atomic mass is 16.5. The summed E-state index contributed by atoms with van der Waals surface area (Å²) in [6, 6.07) is -0.286. The van der Waals surface area contributed by atoms with Gasteiger partial charge in [0.1, 0.15) is 6.04 Å². The lowest BCUT2D eigenvalue weighted by molar-refractivity contribution is -0.121. The molecule has 1 unspecified atom stereocenters. The third-order valence-electron chi connectivity index (χ3n) is 3.12. The molecule has 0 saturated carbocycles. The highest BCUT2D eigenvalue weighted by molar-refractivity contribution is 5.76. The molecule has 0 aromatic carbocycles. The van der Waals surface area contributed by atoms with E-state index in [4.69, 9.17) is 4.52 Å². The molecule has 21 heavy (non-hydrogen) atoms. The van der Waals surface area contributed by atoms with Gasteiger partial charge in [-0.2, -0.15) is 10.1 Å². The van der Waals surface area contributed by atoms with E-state index in [1.165, 1.54) is 0 Å². The van der Waals surface area contributed by atoms with Crippen molar-refractivity contribution < 1.29 is 9.32 Å². The van der Waals surface area contributed by atoms with Gasteiger partial charge in [0.15, 0.2) is 5.82 Å². The zero-order valence-corrected chi connectivity index (χ0v) is 12.8. The SMILES string of the molecule is CC(C)c1noc(C(C)NC(=O)CCc2cnn(C)c2)n1. The maximum atomic E-state index is 11.9. The van der Waals surface area contributed by atoms with Gasteiger partial charge >= 0.3 is 0 Å². The number of carbonyl (C=O) groups is 1. The molecular formula is C14H21N5O2. The summed E-state index contributed by atoms with van der Waals surface area (Å²) in [5.74, 6) is 1.25. The Bertz CT molecular complexity index is 602. The van der Waals surface area contributed by atoms with Crippen LogP contribution in [0.25, 0.3) is 0 Å². The van der Waals surface area contributed by atoms with Crippen molar-refractivity contribution in [2.45, 2.75) is 45.6 Å². The lowest BCUT2D eigenvalue weighted by atomic mass is 10.2. The van der Waals surface area contributed by atoms with Gasteiger partial charge in [0, 0.05) is 25.6 Å². The zero-order valence-electron chi connectivity index (χ0n) is 12.8. The number of nitrogens with zero attached hydrogens (tertiary/aromatic N) is 4. The van der Waals surface area contributed by atoms with Crippen LogP contribution < -0.4 is 5.32 Å². The molecule has 1 atom stereocenters. The van der Waals surface area contributed by atoms with Gasteiger partial charge < -0.3 is 9.84 Å². The summed E-state index contributed by atoms with van der Waals surface area (Å²) < 4.78 is 6.89. The first-order chi connectivity index (χ1) is 9.95. The Hall–Kier alpha value is -2.18. The highest BCUT2D eigenvalue weighted by Crippen LogP contribution is 2.15. The Kier molecular flexibility index (Phi) is 4.72. The topological polar surface area (TPSA) is 85.8 Å². The molecule has 114 valence electrons. The summed E-state index contributed by atoms with van der Waals surface area (Å²) in [4.78, 5) is 16.2. The van der Waals surface area contributed by atoms with Gasteiger partial charge in [0.2, 0.25) is 11.8 Å². The van der Waals surface area contributed by atoms with Crippen LogP contribution in [0.5, 0.6) is 0 Å². The molecule has 7 nitrogen and oxygen atoms in total. The summed E-state index contributed by atoms with van der Waals surface area (Å²) in [7, 11) is 1.85. The van der Waals surface area contributed by atoms with Crippen LogP contribution in [0, 0.1) is 0 Å². The number of hydrogen-bond acceptors (Lipinski definition) is 5. The fraction of sp³-hybridized carbons (Fsp3) is 0.571. The number of hydrogen-bond donors (Lipinski definition) is 1. The van der Waals surface area contributed by atoms with Gasteiger partial charge in [-0.05, 0) is 18.9 Å². The molecule has 2 rings (SSSR count). The number of carbonyl (C=O) groups excluding carboxylic acids is 1. The Morgan fingerprint density at radius 3 is 2.76 bits per heavy atom. The van der Waals surface area contributed by atoms with Crippen LogP contribution in [0.1, 0.15) is 56.4 Å². The van der Waals surface area contributed by atoms with Gasteiger partial charge in [-0.3, -0.25) is 9.48 Å². The van der Waals surface area contributed by atoms with E-state index in [-0.39, 0.29) is 17.9 Å². The first kappa shape index (κ1) is 15.2. The third-order valence-corrected chi connectivity index (χ3v) is 3.12. The Labute approximate surface area is 123 Å². The predicted molar refractivity (Wildman–Crippen MR) is 76.5 cm³/mol. The standard InChI is InChI=1S/C14H21N5O2/c1-9(2)13-17-14(21-18-13)10(3)16-12(20)6-5-11-7-15-19(4)8-11/h7-10H,5-6H2,1-4H3,(H,16,20). The monoisotopic (exact) mass is 291 g/mol. The molecule has 0 bridgehead atoms. The van der Waals surface area contributed by atoms with Gasteiger partial charge in [-0.1, -0.05) is 19.0 Å². The summed E-state index contributed by atoms with van der Waals surface area (Å²) in [5.41, 5.74) is 1.04. The first-order valence-electron chi connectivity index (χ1n) is 7.06. The van der Waals surface area contributed by atoms with Crippen LogP contribution in [-0.2, 0) is 18.3 Å². The fourth-order valence-corrected chi connectivity index (χ4v) is 1.89. The molecule has 1 amide bonds. The van der Waals surface area contributed by atoms with E-state index in [0.717, 1.165) is 5.56 Å². The van der Waals surface area contributed by atoms with Crippen LogP contribution in [0.4, 0.5) is 0 Å². The Morgan fingerprint density at radius 2 is 2.19 bits per heavy atom. The quantitative estimate of drug-likeness (QED) is 0.876. The van der Waals surface area contributed by atoms with Crippen molar-refractivity contribution in [3.05, 3.63) is 29.7 Å². The van der Waals surface area contributed by atoms with Crippen molar-refractivity contribution >= 4 is 5.91 Å². The van der Waals surface area contributed by atoms with Crippen molar-refractivity contribution in [2.24, 2.45) is 7.05 Å². The molecule has 2 aromatic rings. The van der Waals surface area contributed by atoms with E-state index in [2.05, 4.69) is 20.6 Å². The lowest BCUT2D eigenvalue weighted by Gasteiger charge is -2.09. The predicted octanol–water partition coefficient (Wildman–Crippen LogP) is 1.74. The minimum absolute atomic E-state index is 0.0457. The smallest absolute Gasteiger partial charge is 0.248 e. The molecule has 0 radical (unpaired) electrons. The fourth-order valence-electron chi connectivity index (χ4n) is 1.89. The molecular weight excluding hydrogens is 270 g/mol. The van der Waals surface area contributed by atoms with Crippen LogP contribution in [-0.4, -0.2) is 25.8 Å². The van der Waals surface area contributed by atoms with Crippen molar-refractivity contribution in [1.82, 2.24) is 25.2 Å². The lowest BCUT2D eigenvalue weighted by Crippen LogP contribution is -2.27. The third kappa shape index (κ3) is 4.14. The summed E-state index contributed by atoms with van der Waals surface area (Å²) in [6.45, 7) is 5.82. The molecule has 0 saturated heterocycles. The Morgan fingerprint density at radius 1 is 1.43 bits per heavy atom. The van der Waals surface area contributed by atoms with E-state index >= 15 is 0 Å². The van der Waals surface area contributed by atoms with Gasteiger partial charge in [-0.15, -0.1) is 0 Å². The van der Waals surface area contributed by atoms with Crippen LogP contribution in [0.15, 0.2) is 16.9 Å². The largest absolute Gasteiger partial charge is 0.345 e. The molecule has 0 aliphatic heterocycles. The van der Waals surface area contributed by atoms with Crippen molar-refractivity contribution in [1.29, 1.82) is 0 Å². The van der Waals surface area contributed by atoms with Crippen molar-refractivity contribution in [3.8, 4) is 0 Å². The molecule has 0 aliphatic carbocycles. The minimum Gasteiger partial charge on any atom is -0.345 e. The molecule has 2 heterocycles. The summed E-state index contributed by atoms with van der Waals surface area (Å²) >= 11 is 0. The molecule has 0 fully saturated rings. The van der Waals surface area contributed by atoms with E-state index in [0.29, 0.717) is 24.6 Å². The number of rotatable bonds is 6. The van der Waals surface area contributed by atoms with Crippen molar-refractivity contribution in [2.75, 3.05) is 0 Å². The number of nitrogens with one attached hydrogen (secondary N) is 1. The summed E-state index contributed by atoms with van der Waals surface area (Å²) in [6.07, 6.45) is 4.74. The number of aromatic nitrogens is 4. The van der Waals surface area contributed by atoms with E-state index in [1.54, 1.807) is 10.9 Å². The second kappa shape index (κ2) is 6.51. The normalized spacial score (nSPS) is 12.6. The van der Waals surface area contributed by atoms with Crippen LogP contribution >= 0.6 is 0 Å². The maximum Gasteiger partial charge on any atom is 0.248 e. The summed E-state index contributed by atoms with van der Waals surface area (Å²) in [5, 5.41) is 10.8. The molecule has 7 heteroatoms. The van der Waals surface area contributed by atoms with Gasteiger partial charge in [-0.25, -0.2) is 0 Å². The second-order valence-corrected chi connectivity index (χ2v) is 5.46. The molecule has 1 N–H and O–H groups in total.